The van der Waals surface area contributed by atoms with Crippen molar-refractivity contribution in [1.82, 2.24) is 14.5 Å². The van der Waals surface area contributed by atoms with Gasteiger partial charge in [0.05, 0.1) is 12.8 Å². The molecule has 1 aliphatic heterocycles. The number of hydrogen-bond donors (Lipinski definition) is 1. The van der Waals surface area contributed by atoms with Gasteiger partial charge in [0.2, 0.25) is 21.8 Å². The molecule has 2 aromatic carbocycles. The number of amides is 2. The first kappa shape index (κ1) is 24.2. The van der Waals surface area contributed by atoms with Crippen LogP contribution < -0.4 is 5.32 Å². The van der Waals surface area contributed by atoms with Crippen molar-refractivity contribution in [2.75, 3.05) is 25.9 Å². The van der Waals surface area contributed by atoms with Crippen molar-refractivity contribution in [3.63, 3.8) is 0 Å². The zero-order valence-electron chi connectivity index (χ0n) is 18.3. The Morgan fingerprint density at radius 1 is 1.09 bits per heavy atom. The molecular weight excluding hydrogens is 450 g/mol. The van der Waals surface area contributed by atoms with Crippen LogP contribution in [0.1, 0.15) is 24.5 Å². The molecule has 2 amide bonds. The van der Waals surface area contributed by atoms with Gasteiger partial charge in [-0.2, -0.15) is 4.31 Å². The standard InChI is InChI=1S/C23H28ClN3O4S/c1-23(22(29)25-15-19-10-12-20(24)13-11-19)17-26(32(2,30)31)16-21(28)27(23)14-6-9-18-7-4-3-5-8-18/h3-5,7-8,10-13H,6,9,14-17H2,1-2H3,(H,25,29)/t23-/m0/s1. The molecule has 1 atom stereocenters. The van der Waals surface area contributed by atoms with E-state index in [1.807, 2.05) is 30.3 Å². The van der Waals surface area contributed by atoms with Crippen LogP contribution in [0.4, 0.5) is 0 Å². The third kappa shape index (κ3) is 5.88. The molecule has 32 heavy (non-hydrogen) atoms. The van der Waals surface area contributed by atoms with Gasteiger partial charge in [0.25, 0.3) is 0 Å². The highest BCUT2D eigenvalue weighted by Gasteiger charge is 2.49. The second kappa shape index (κ2) is 10.0. The molecule has 0 aromatic heterocycles. The molecule has 1 saturated heterocycles. The van der Waals surface area contributed by atoms with Crippen molar-refractivity contribution in [3.8, 4) is 0 Å². The molecule has 1 heterocycles. The van der Waals surface area contributed by atoms with Gasteiger partial charge in [-0.05, 0) is 43.0 Å². The number of rotatable bonds is 8. The molecule has 2 aromatic rings. The second-order valence-corrected chi connectivity index (χ2v) is 10.7. The van der Waals surface area contributed by atoms with Gasteiger partial charge in [0.15, 0.2) is 0 Å². The van der Waals surface area contributed by atoms with Crippen LogP contribution in [-0.4, -0.2) is 60.9 Å². The highest BCUT2D eigenvalue weighted by molar-refractivity contribution is 7.88. The average Bonchev–Trinajstić information content (AvgIpc) is 2.75. The summed E-state index contributed by atoms with van der Waals surface area (Å²) in [7, 11) is -3.63. The minimum atomic E-state index is -3.63. The molecule has 1 aliphatic rings. The van der Waals surface area contributed by atoms with Crippen LogP contribution in [0.5, 0.6) is 0 Å². The third-order valence-corrected chi connectivity index (χ3v) is 7.16. The summed E-state index contributed by atoms with van der Waals surface area (Å²) in [4.78, 5) is 27.7. The van der Waals surface area contributed by atoms with Gasteiger partial charge in [-0.25, -0.2) is 8.42 Å². The Kier molecular flexibility index (Phi) is 7.59. The number of halogens is 1. The van der Waals surface area contributed by atoms with Crippen LogP contribution in [0, 0.1) is 0 Å². The van der Waals surface area contributed by atoms with Crippen molar-refractivity contribution in [1.29, 1.82) is 0 Å². The summed E-state index contributed by atoms with van der Waals surface area (Å²) < 4.78 is 25.4. The first-order valence-electron chi connectivity index (χ1n) is 10.4. The van der Waals surface area contributed by atoms with Crippen LogP contribution in [0.25, 0.3) is 0 Å². The second-order valence-electron chi connectivity index (χ2n) is 8.25. The Bertz CT molecular complexity index is 1060. The van der Waals surface area contributed by atoms with E-state index in [2.05, 4.69) is 5.32 Å². The molecule has 1 fully saturated rings. The van der Waals surface area contributed by atoms with E-state index >= 15 is 0 Å². The van der Waals surface area contributed by atoms with Crippen LogP contribution in [0.15, 0.2) is 54.6 Å². The van der Waals surface area contributed by atoms with E-state index in [0.717, 1.165) is 28.1 Å². The summed E-state index contributed by atoms with van der Waals surface area (Å²) in [6, 6.07) is 17.0. The number of nitrogens with one attached hydrogen (secondary N) is 1. The number of piperazine rings is 1. The maximum atomic E-state index is 13.3. The topological polar surface area (TPSA) is 86.8 Å². The van der Waals surface area contributed by atoms with E-state index in [1.165, 1.54) is 4.90 Å². The van der Waals surface area contributed by atoms with Gasteiger partial charge in [-0.15, -0.1) is 0 Å². The molecule has 1 N–H and O–H groups in total. The van der Waals surface area contributed by atoms with Crippen molar-refractivity contribution in [2.24, 2.45) is 0 Å². The maximum absolute atomic E-state index is 13.3. The largest absolute Gasteiger partial charge is 0.350 e. The van der Waals surface area contributed by atoms with Crippen molar-refractivity contribution >= 4 is 33.4 Å². The zero-order valence-corrected chi connectivity index (χ0v) is 19.8. The van der Waals surface area contributed by atoms with Gasteiger partial charge < -0.3 is 10.2 Å². The summed E-state index contributed by atoms with van der Waals surface area (Å²) in [6.45, 7) is 1.88. The molecule has 0 spiro atoms. The fourth-order valence-corrected chi connectivity index (χ4v) is 4.81. The molecule has 172 valence electrons. The molecule has 7 nitrogen and oxygen atoms in total. The van der Waals surface area contributed by atoms with E-state index < -0.39 is 21.5 Å². The van der Waals surface area contributed by atoms with E-state index in [-0.39, 0.29) is 25.5 Å². The Labute approximate surface area is 194 Å². The first-order chi connectivity index (χ1) is 15.1. The lowest BCUT2D eigenvalue weighted by atomic mass is 9.94. The van der Waals surface area contributed by atoms with Crippen molar-refractivity contribution < 1.29 is 18.0 Å². The third-order valence-electron chi connectivity index (χ3n) is 5.71. The highest BCUT2D eigenvalue weighted by Crippen LogP contribution is 2.25. The maximum Gasteiger partial charge on any atom is 0.247 e. The van der Waals surface area contributed by atoms with Crippen molar-refractivity contribution in [3.05, 3.63) is 70.7 Å². The summed E-state index contributed by atoms with van der Waals surface area (Å²) in [6.07, 6.45) is 2.47. The van der Waals surface area contributed by atoms with E-state index in [0.29, 0.717) is 18.0 Å². The Hall–Kier alpha value is -2.42. The Balaban J connectivity index is 1.76. The number of nitrogens with zero attached hydrogens (tertiary/aromatic N) is 2. The monoisotopic (exact) mass is 477 g/mol. The minimum Gasteiger partial charge on any atom is -0.350 e. The molecule has 0 unspecified atom stereocenters. The SMILES string of the molecule is C[C@@]1(C(=O)NCc2ccc(Cl)cc2)CN(S(C)(=O)=O)CC(=O)N1CCCc1ccccc1. The molecule has 0 bridgehead atoms. The Morgan fingerprint density at radius 2 is 1.75 bits per heavy atom. The number of benzene rings is 2. The van der Waals surface area contributed by atoms with Gasteiger partial charge in [-0.3, -0.25) is 9.59 Å². The Morgan fingerprint density at radius 3 is 2.38 bits per heavy atom. The molecule has 0 saturated carbocycles. The number of hydrogen-bond acceptors (Lipinski definition) is 4. The molecule has 0 aliphatic carbocycles. The van der Waals surface area contributed by atoms with Gasteiger partial charge >= 0.3 is 0 Å². The van der Waals surface area contributed by atoms with E-state index in [1.54, 1.807) is 31.2 Å². The number of carbonyl (C=O) groups is 2. The summed E-state index contributed by atoms with van der Waals surface area (Å²) in [5.41, 5.74) is 0.675. The summed E-state index contributed by atoms with van der Waals surface area (Å²) >= 11 is 5.91. The highest BCUT2D eigenvalue weighted by atomic mass is 35.5. The van der Waals surface area contributed by atoms with Gasteiger partial charge in [0, 0.05) is 24.7 Å². The average molecular weight is 478 g/mol. The minimum absolute atomic E-state index is 0.0879. The molecular formula is C23H28ClN3O4S. The lowest BCUT2D eigenvalue weighted by molar-refractivity contribution is -0.152. The van der Waals surface area contributed by atoms with E-state index in [9.17, 15) is 18.0 Å². The molecule has 9 heteroatoms. The van der Waals surface area contributed by atoms with Crippen LogP contribution in [0.3, 0.4) is 0 Å². The van der Waals surface area contributed by atoms with Crippen molar-refractivity contribution in [2.45, 2.75) is 31.8 Å². The van der Waals surface area contributed by atoms with Gasteiger partial charge in [-0.1, -0.05) is 54.1 Å². The molecule has 0 radical (unpaired) electrons. The first-order valence-corrected chi connectivity index (χ1v) is 12.6. The van der Waals surface area contributed by atoms with E-state index in [4.69, 9.17) is 11.6 Å². The lowest BCUT2D eigenvalue weighted by Gasteiger charge is -2.46. The summed E-state index contributed by atoms with van der Waals surface area (Å²) in [5, 5.41) is 3.46. The van der Waals surface area contributed by atoms with Crippen LogP contribution in [0.2, 0.25) is 5.02 Å². The predicted octanol–water partition coefficient (Wildman–Crippen LogP) is 2.45. The predicted molar refractivity (Wildman–Crippen MR) is 125 cm³/mol. The number of sulfonamides is 1. The number of carbonyl (C=O) groups excluding carboxylic acids is 2. The van der Waals surface area contributed by atoms with Crippen LogP contribution in [-0.2, 0) is 32.6 Å². The zero-order chi connectivity index (χ0) is 23.4. The fraction of sp³-hybridized carbons (Fsp3) is 0.391. The van der Waals surface area contributed by atoms with Crippen LogP contribution >= 0.6 is 11.6 Å². The smallest absolute Gasteiger partial charge is 0.247 e. The summed E-state index contributed by atoms with van der Waals surface area (Å²) in [5.74, 6) is -0.771. The normalized spacial score (nSPS) is 19.7. The quantitative estimate of drug-likeness (QED) is 0.632. The molecule has 3 rings (SSSR count). The number of aryl methyl sites for hydroxylation is 1. The lowest BCUT2D eigenvalue weighted by Crippen LogP contribution is -2.69. The van der Waals surface area contributed by atoms with Gasteiger partial charge in [0.1, 0.15) is 5.54 Å². The fourth-order valence-electron chi connectivity index (χ4n) is 3.86.